The van der Waals surface area contributed by atoms with Gasteiger partial charge in [-0.15, -0.1) is 0 Å². The van der Waals surface area contributed by atoms with E-state index in [1.807, 2.05) is 62.4 Å². The molecule has 5 aliphatic carbocycles. The molecular formula is C32H38N2O6. The van der Waals surface area contributed by atoms with Gasteiger partial charge in [-0.25, -0.2) is 9.59 Å². The predicted octanol–water partition coefficient (Wildman–Crippen LogP) is 3.99. The minimum absolute atomic E-state index is 0.139. The van der Waals surface area contributed by atoms with Gasteiger partial charge in [0.15, 0.2) is 0 Å². The summed E-state index contributed by atoms with van der Waals surface area (Å²) in [7, 11) is 0. The third-order valence-corrected chi connectivity index (χ3v) is 10.5. The highest BCUT2D eigenvalue weighted by Crippen LogP contribution is 2.64. The highest BCUT2D eigenvalue weighted by molar-refractivity contribution is 6.09. The molecule has 40 heavy (non-hydrogen) atoms. The van der Waals surface area contributed by atoms with E-state index < -0.39 is 35.1 Å². The smallest absolute Gasteiger partial charge is 0.340 e. The summed E-state index contributed by atoms with van der Waals surface area (Å²) >= 11 is 0. The second-order valence-corrected chi connectivity index (χ2v) is 13.1. The molecule has 0 saturated heterocycles. The van der Waals surface area contributed by atoms with E-state index in [1.165, 1.54) is 19.3 Å². The monoisotopic (exact) mass is 546 g/mol. The highest BCUT2D eigenvalue weighted by Gasteiger charge is 2.60. The van der Waals surface area contributed by atoms with Crippen molar-refractivity contribution in [1.29, 1.82) is 0 Å². The number of carboxylic acid groups (broad SMARTS) is 1. The third-order valence-electron chi connectivity index (χ3n) is 10.5. The van der Waals surface area contributed by atoms with E-state index in [0.717, 1.165) is 41.5 Å². The lowest BCUT2D eigenvalue weighted by Gasteiger charge is -2.61. The molecule has 8 heteroatoms. The SMILES string of the molecule is CC(C)(OC(=O)C(N)[C@@](N)(C(=O)O)C(=O)OCC1c2ccccc2-c2ccccc21)C12CC3CC(CC(C3)C1)C2. The average Bonchev–Trinajstić information content (AvgIpc) is 3.23. The first-order valence-corrected chi connectivity index (χ1v) is 14.3. The van der Waals surface area contributed by atoms with Crippen LogP contribution in [0.1, 0.15) is 69.4 Å². The van der Waals surface area contributed by atoms with Gasteiger partial charge in [0, 0.05) is 11.3 Å². The van der Waals surface area contributed by atoms with Crippen LogP contribution in [0, 0.1) is 23.2 Å². The van der Waals surface area contributed by atoms with Crippen molar-refractivity contribution < 1.29 is 29.0 Å². The van der Waals surface area contributed by atoms with E-state index in [0.29, 0.717) is 17.8 Å². The van der Waals surface area contributed by atoms with Gasteiger partial charge in [0.25, 0.3) is 0 Å². The molecule has 2 atom stereocenters. The maximum Gasteiger partial charge on any atom is 0.340 e. The minimum Gasteiger partial charge on any atom is -0.479 e. The summed E-state index contributed by atoms with van der Waals surface area (Å²) in [5.41, 5.74) is 12.4. The first-order chi connectivity index (χ1) is 18.9. The molecule has 0 spiro atoms. The topological polar surface area (TPSA) is 142 Å². The van der Waals surface area contributed by atoms with Crippen molar-refractivity contribution in [3.8, 4) is 11.1 Å². The molecular weight excluding hydrogens is 508 g/mol. The van der Waals surface area contributed by atoms with Crippen molar-refractivity contribution in [2.75, 3.05) is 6.61 Å². The van der Waals surface area contributed by atoms with Crippen LogP contribution in [0.4, 0.5) is 0 Å². The zero-order chi connectivity index (χ0) is 28.4. The molecule has 0 aromatic heterocycles. The number of hydrogen-bond donors (Lipinski definition) is 3. The Bertz CT molecular complexity index is 1290. The van der Waals surface area contributed by atoms with Crippen molar-refractivity contribution in [1.82, 2.24) is 0 Å². The number of benzene rings is 2. The highest BCUT2D eigenvalue weighted by atomic mass is 16.6. The molecule has 0 aliphatic heterocycles. The van der Waals surface area contributed by atoms with Gasteiger partial charge in [-0.3, -0.25) is 4.79 Å². The van der Waals surface area contributed by atoms with Gasteiger partial charge in [0.05, 0.1) is 0 Å². The van der Waals surface area contributed by atoms with Crippen LogP contribution in [-0.2, 0) is 23.9 Å². The molecule has 0 heterocycles. The van der Waals surface area contributed by atoms with Crippen molar-refractivity contribution in [3.05, 3.63) is 59.7 Å². The van der Waals surface area contributed by atoms with E-state index in [1.54, 1.807) is 0 Å². The minimum atomic E-state index is -2.80. The molecule has 8 nitrogen and oxygen atoms in total. The summed E-state index contributed by atoms with van der Waals surface area (Å²) in [5, 5.41) is 10.0. The van der Waals surface area contributed by atoms with E-state index >= 15 is 0 Å². The first kappa shape index (κ1) is 27.0. The van der Waals surface area contributed by atoms with Crippen LogP contribution >= 0.6 is 0 Å². The lowest BCUT2D eigenvalue weighted by atomic mass is 9.46. The number of fused-ring (bicyclic) bond motifs is 3. The fourth-order valence-corrected chi connectivity index (χ4v) is 8.52. The Kier molecular flexibility index (Phi) is 6.35. The lowest BCUT2D eigenvalue weighted by molar-refractivity contribution is -0.202. The molecule has 1 unspecified atom stereocenters. The summed E-state index contributed by atoms with van der Waals surface area (Å²) < 4.78 is 11.5. The second-order valence-electron chi connectivity index (χ2n) is 13.1. The largest absolute Gasteiger partial charge is 0.479 e. The summed E-state index contributed by atoms with van der Waals surface area (Å²) in [4.78, 5) is 39.1. The Morgan fingerprint density at radius 1 is 0.925 bits per heavy atom. The maximum absolute atomic E-state index is 13.4. The van der Waals surface area contributed by atoms with Gasteiger partial charge < -0.3 is 26.0 Å². The second kappa shape index (κ2) is 9.42. The number of carbonyl (C=O) groups excluding carboxylic acids is 2. The van der Waals surface area contributed by atoms with Crippen molar-refractivity contribution in [3.63, 3.8) is 0 Å². The Labute approximate surface area is 234 Å². The van der Waals surface area contributed by atoms with Gasteiger partial charge in [-0.2, -0.15) is 0 Å². The normalized spacial score (nSPS) is 28.8. The third kappa shape index (κ3) is 4.06. The molecule has 4 saturated carbocycles. The maximum atomic E-state index is 13.4. The lowest BCUT2D eigenvalue weighted by Crippen LogP contribution is -2.70. The zero-order valence-electron chi connectivity index (χ0n) is 23.1. The van der Waals surface area contributed by atoms with Crippen LogP contribution < -0.4 is 11.5 Å². The number of aliphatic carboxylic acids is 1. The number of rotatable bonds is 8. The number of esters is 2. The van der Waals surface area contributed by atoms with Crippen LogP contribution in [0.5, 0.6) is 0 Å². The molecule has 212 valence electrons. The standard InChI is InChI=1S/C32H38N2O6/c1-30(2,31-14-18-11-19(15-31)13-20(12-18)16-31)40-27(35)26(33)32(34,28(36)37)29(38)39-17-25-23-9-5-3-7-21(23)22-8-4-6-10-24(22)25/h3-10,18-20,25-26H,11-17,33-34H2,1-2H3,(H,36,37)/t18?,19?,20?,26?,31?,32-/m1/s1. The van der Waals surface area contributed by atoms with Gasteiger partial charge in [0.2, 0.25) is 5.54 Å². The van der Waals surface area contributed by atoms with Gasteiger partial charge in [0.1, 0.15) is 18.2 Å². The molecule has 2 aromatic carbocycles. The molecule has 0 amide bonds. The summed E-state index contributed by atoms with van der Waals surface area (Å²) in [5.74, 6) is -2.41. The first-order valence-electron chi connectivity index (χ1n) is 14.3. The quantitative estimate of drug-likeness (QED) is 0.333. The number of ether oxygens (including phenoxy) is 2. The van der Waals surface area contributed by atoms with Crippen LogP contribution in [-0.4, -0.2) is 46.8 Å². The van der Waals surface area contributed by atoms with Crippen LogP contribution in [0.25, 0.3) is 11.1 Å². The number of hydrogen-bond acceptors (Lipinski definition) is 7. The fourth-order valence-electron chi connectivity index (χ4n) is 8.52. The van der Waals surface area contributed by atoms with E-state index in [9.17, 15) is 19.5 Å². The summed E-state index contributed by atoms with van der Waals surface area (Å²) in [6.07, 6.45) is 6.63. The number of carboxylic acids is 1. The summed E-state index contributed by atoms with van der Waals surface area (Å²) in [6, 6.07) is 13.7. The van der Waals surface area contributed by atoms with Crippen LogP contribution in [0.3, 0.4) is 0 Å². The van der Waals surface area contributed by atoms with Crippen LogP contribution in [0.2, 0.25) is 0 Å². The number of nitrogens with two attached hydrogens (primary N) is 2. The van der Waals surface area contributed by atoms with Crippen molar-refractivity contribution in [2.45, 2.75) is 75.5 Å². The Balaban J connectivity index is 1.18. The number of carbonyl (C=O) groups is 3. The average molecular weight is 547 g/mol. The molecule has 2 aromatic rings. The fraction of sp³-hybridized carbons (Fsp3) is 0.531. The predicted molar refractivity (Wildman–Crippen MR) is 148 cm³/mol. The molecule has 5 N–H and O–H groups in total. The van der Waals surface area contributed by atoms with Crippen molar-refractivity contribution in [2.24, 2.45) is 34.6 Å². The Morgan fingerprint density at radius 2 is 1.40 bits per heavy atom. The van der Waals surface area contributed by atoms with Gasteiger partial charge in [-0.1, -0.05) is 48.5 Å². The van der Waals surface area contributed by atoms with Crippen molar-refractivity contribution >= 4 is 17.9 Å². The van der Waals surface area contributed by atoms with E-state index in [-0.39, 0.29) is 17.9 Å². The van der Waals surface area contributed by atoms with E-state index in [2.05, 4.69) is 0 Å². The van der Waals surface area contributed by atoms with Gasteiger partial charge >= 0.3 is 17.9 Å². The summed E-state index contributed by atoms with van der Waals surface area (Å²) in [6.45, 7) is 3.63. The molecule has 4 fully saturated rings. The molecule has 0 radical (unpaired) electrons. The molecule has 7 rings (SSSR count). The molecule has 4 bridgehead atoms. The van der Waals surface area contributed by atoms with E-state index in [4.69, 9.17) is 20.9 Å². The van der Waals surface area contributed by atoms with Gasteiger partial charge in [-0.05, 0) is 92.4 Å². The zero-order valence-corrected chi connectivity index (χ0v) is 23.1. The molecule has 5 aliphatic rings. The Morgan fingerprint density at radius 3 is 1.88 bits per heavy atom. The van der Waals surface area contributed by atoms with Crippen LogP contribution in [0.15, 0.2) is 48.5 Å². The Hall–Kier alpha value is -3.23.